The highest BCUT2D eigenvalue weighted by Crippen LogP contribution is 2.34. The lowest BCUT2D eigenvalue weighted by molar-refractivity contribution is 0.474. The van der Waals surface area contributed by atoms with Gasteiger partial charge in [-0.1, -0.05) is 24.3 Å². The Hall–Kier alpha value is -2.22. The molecule has 1 aliphatic rings. The van der Waals surface area contributed by atoms with Crippen molar-refractivity contribution in [1.29, 1.82) is 0 Å². The molecule has 2 N–H and O–H groups in total. The molecule has 0 bridgehead atoms. The van der Waals surface area contributed by atoms with Gasteiger partial charge in [-0.2, -0.15) is 0 Å². The summed E-state index contributed by atoms with van der Waals surface area (Å²) in [6, 6.07) is 12.8. The Morgan fingerprint density at radius 2 is 1.58 bits per heavy atom. The minimum absolute atomic E-state index is 0.288. The highest BCUT2D eigenvalue weighted by molar-refractivity contribution is 5.84. The van der Waals surface area contributed by atoms with E-state index in [4.69, 9.17) is 0 Å². The molecule has 2 aromatic rings. The number of benzene rings is 2. The minimum Gasteiger partial charge on any atom is -0.508 e. The Morgan fingerprint density at radius 3 is 2.37 bits per heavy atom. The zero-order chi connectivity index (χ0) is 13.2. The summed E-state index contributed by atoms with van der Waals surface area (Å²) in [5.74, 6) is 0.626. The van der Waals surface area contributed by atoms with Gasteiger partial charge in [0, 0.05) is 0 Å². The summed E-state index contributed by atoms with van der Waals surface area (Å²) in [6.45, 7) is 0. The molecule has 0 heterocycles. The molecule has 3 rings (SSSR count). The number of aryl methyl sites for hydroxylation is 1. The third-order valence-electron chi connectivity index (χ3n) is 3.56. The topological polar surface area (TPSA) is 40.5 Å². The van der Waals surface area contributed by atoms with Crippen molar-refractivity contribution in [2.75, 3.05) is 0 Å². The van der Waals surface area contributed by atoms with Crippen LogP contribution in [0.25, 0.3) is 11.6 Å². The van der Waals surface area contributed by atoms with Crippen LogP contribution in [0.5, 0.6) is 11.5 Å². The molecule has 1 aliphatic carbocycles. The Kier molecular flexibility index (Phi) is 3.00. The first kappa shape index (κ1) is 11.8. The molecule has 0 aliphatic heterocycles. The quantitative estimate of drug-likeness (QED) is 0.806. The summed E-state index contributed by atoms with van der Waals surface area (Å²) in [5.41, 5.74) is 4.84. The predicted octanol–water partition coefficient (Wildman–Crippen LogP) is 3.97. The van der Waals surface area contributed by atoms with Gasteiger partial charge in [-0.05, 0) is 65.8 Å². The average Bonchev–Trinajstić information content (AvgIpc) is 2.41. The molecule has 0 atom stereocenters. The lowest BCUT2D eigenvalue weighted by Gasteiger charge is -2.19. The second-order valence-electron chi connectivity index (χ2n) is 4.96. The number of allylic oxidation sites excluding steroid dienone is 1. The van der Waals surface area contributed by atoms with Crippen molar-refractivity contribution in [3.8, 4) is 11.5 Å². The maximum Gasteiger partial charge on any atom is 0.115 e. The van der Waals surface area contributed by atoms with E-state index in [1.54, 1.807) is 18.2 Å². The van der Waals surface area contributed by atoms with Gasteiger partial charge in [0.25, 0.3) is 0 Å². The van der Waals surface area contributed by atoms with Crippen molar-refractivity contribution in [1.82, 2.24) is 0 Å². The minimum atomic E-state index is 0.288. The summed E-state index contributed by atoms with van der Waals surface area (Å²) in [6.07, 6.45) is 5.35. The van der Waals surface area contributed by atoms with Gasteiger partial charge < -0.3 is 10.2 Å². The van der Waals surface area contributed by atoms with Crippen LogP contribution in [-0.4, -0.2) is 10.2 Å². The SMILES string of the molecule is Oc1ccc(/C=C2\CCCc3cc(O)ccc32)cc1. The van der Waals surface area contributed by atoms with Crippen LogP contribution in [0.2, 0.25) is 0 Å². The summed E-state index contributed by atoms with van der Waals surface area (Å²) < 4.78 is 0. The number of aromatic hydroxyl groups is 2. The predicted molar refractivity (Wildman–Crippen MR) is 77.0 cm³/mol. The Balaban J connectivity index is 2.01. The van der Waals surface area contributed by atoms with Crippen molar-refractivity contribution in [3.05, 3.63) is 59.2 Å². The van der Waals surface area contributed by atoms with Gasteiger partial charge >= 0.3 is 0 Å². The molecule has 96 valence electrons. The number of phenols is 2. The van der Waals surface area contributed by atoms with Gasteiger partial charge in [0.15, 0.2) is 0 Å². The second-order valence-corrected chi connectivity index (χ2v) is 4.96. The zero-order valence-corrected chi connectivity index (χ0v) is 10.6. The van der Waals surface area contributed by atoms with E-state index in [1.165, 1.54) is 16.7 Å². The maximum atomic E-state index is 9.55. The molecule has 0 radical (unpaired) electrons. The molecular weight excluding hydrogens is 236 g/mol. The smallest absolute Gasteiger partial charge is 0.115 e. The molecule has 2 aromatic carbocycles. The fraction of sp³-hybridized carbons (Fsp3) is 0.176. The van der Waals surface area contributed by atoms with Crippen LogP contribution < -0.4 is 0 Å². The van der Waals surface area contributed by atoms with Gasteiger partial charge in [-0.15, -0.1) is 0 Å². The summed E-state index contributed by atoms with van der Waals surface area (Å²) in [5, 5.41) is 18.8. The fourth-order valence-corrected chi connectivity index (χ4v) is 2.63. The monoisotopic (exact) mass is 252 g/mol. The summed E-state index contributed by atoms with van der Waals surface area (Å²) >= 11 is 0. The third-order valence-corrected chi connectivity index (χ3v) is 3.56. The first-order valence-corrected chi connectivity index (χ1v) is 6.54. The maximum absolute atomic E-state index is 9.55. The van der Waals surface area contributed by atoms with Crippen molar-refractivity contribution in [2.45, 2.75) is 19.3 Å². The van der Waals surface area contributed by atoms with E-state index in [1.807, 2.05) is 24.3 Å². The number of hydrogen-bond acceptors (Lipinski definition) is 2. The van der Waals surface area contributed by atoms with Crippen LogP contribution in [0.1, 0.15) is 29.5 Å². The molecule has 0 amide bonds. The van der Waals surface area contributed by atoms with Crippen molar-refractivity contribution < 1.29 is 10.2 Å². The summed E-state index contributed by atoms with van der Waals surface area (Å²) in [7, 11) is 0. The molecule has 0 spiro atoms. The molecule has 0 unspecified atom stereocenters. The second kappa shape index (κ2) is 4.81. The third kappa shape index (κ3) is 2.48. The molecule has 0 fully saturated rings. The molecular formula is C17H16O2. The van der Waals surface area contributed by atoms with Gasteiger partial charge in [-0.3, -0.25) is 0 Å². The molecule has 0 saturated carbocycles. The van der Waals surface area contributed by atoms with E-state index in [9.17, 15) is 10.2 Å². The van der Waals surface area contributed by atoms with E-state index in [-0.39, 0.29) is 5.75 Å². The van der Waals surface area contributed by atoms with E-state index in [2.05, 4.69) is 6.08 Å². The first-order chi connectivity index (χ1) is 9.22. The lowest BCUT2D eigenvalue weighted by Crippen LogP contribution is -2.01. The largest absolute Gasteiger partial charge is 0.508 e. The highest BCUT2D eigenvalue weighted by Gasteiger charge is 2.14. The number of rotatable bonds is 1. The van der Waals surface area contributed by atoms with Crippen LogP contribution in [0, 0.1) is 0 Å². The van der Waals surface area contributed by atoms with E-state index >= 15 is 0 Å². The van der Waals surface area contributed by atoms with E-state index in [0.29, 0.717) is 5.75 Å². The molecule has 2 nitrogen and oxygen atoms in total. The van der Waals surface area contributed by atoms with Gasteiger partial charge in [-0.25, -0.2) is 0 Å². The van der Waals surface area contributed by atoms with Crippen LogP contribution >= 0.6 is 0 Å². The van der Waals surface area contributed by atoms with Gasteiger partial charge in [0.1, 0.15) is 11.5 Å². The average molecular weight is 252 g/mol. The molecule has 2 heteroatoms. The number of fused-ring (bicyclic) bond motifs is 1. The van der Waals surface area contributed by atoms with Crippen molar-refractivity contribution in [3.63, 3.8) is 0 Å². The number of phenolic OH excluding ortho intramolecular Hbond substituents is 2. The zero-order valence-electron chi connectivity index (χ0n) is 10.6. The van der Waals surface area contributed by atoms with Crippen molar-refractivity contribution >= 4 is 11.6 Å². The standard InChI is InChI=1S/C17H16O2/c18-15-6-4-12(5-7-15)10-13-2-1-3-14-11-16(19)8-9-17(13)14/h4-11,18-19H,1-3H2/b13-10+. The van der Waals surface area contributed by atoms with Crippen LogP contribution in [0.3, 0.4) is 0 Å². The normalized spacial score (nSPS) is 16.3. The van der Waals surface area contributed by atoms with Gasteiger partial charge in [0.05, 0.1) is 0 Å². The van der Waals surface area contributed by atoms with E-state index in [0.717, 1.165) is 24.8 Å². The fourth-order valence-electron chi connectivity index (χ4n) is 2.63. The number of hydrogen-bond donors (Lipinski definition) is 2. The van der Waals surface area contributed by atoms with E-state index < -0.39 is 0 Å². The van der Waals surface area contributed by atoms with Gasteiger partial charge in [0.2, 0.25) is 0 Å². The Morgan fingerprint density at radius 1 is 0.842 bits per heavy atom. The highest BCUT2D eigenvalue weighted by atomic mass is 16.3. The van der Waals surface area contributed by atoms with Crippen molar-refractivity contribution in [2.24, 2.45) is 0 Å². The summed E-state index contributed by atoms with van der Waals surface area (Å²) in [4.78, 5) is 0. The molecule has 0 saturated heterocycles. The van der Waals surface area contributed by atoms with Crippen LogP contribution in [0.4, 0.5) is 0 Å². The Labute approximate surface area is 112 Å². The molecule has 19 heavy (non-hydrogen) atoms. The Bertz CT molecular complexity index is 624. The first-order valence-electron chi connectivity index (χ1n) is 6.54. The van der Waals surface area contributed by atoms with Crippen LogP contribution in [-0.2, 0) is 6.42 Å². The molecule has 0 aromatic heterocycles. The lowest BCUT2D eigenvalue weighted by atomic mass is 9.86. The van der Waals surface area contributed by atoms with Crippen LogP contribution in [0.15, 0.2) is 42.5 Å².